The molecule has 1 amide bonds. The smallest absolute Gasteiger partial charge is 0.265 e. The Morgan fingerprint density at radius 2 is 2.05 bits per heavy atom. The molecule has 3 N–H and O–H groups in total. The Balaban J connectivity index is 2.30. The van der Waals surface area contributed by atoms with E-state index in [2.05, 4.69) is 21.2 Å². The first-order valence-corrected chi connectivity index (χ1v) is 7.88. The molecule has 0 radical (unpaired) electrons. The molecule has 0 saturated carbocycles. The summed E-state index contributed by atoms with van der Waals surface area (Å²) in [5.41, 5.74) is 8.07. The lowest BCUT2D eigenvalue weighted by molar-refractivity contribution is 0.103. The molecule has 3 nitrogen and oxygen atoms in total. The molecule has 6 heteroatoms. The number of thiocarbonyl (C=S) groups is 1. The number of halogens is 1. The van der Waals surface area contributed by atoms with Crippen molar-refractivity contribution in [2.75, 3.05) is 5.32 Å². The van der Waals surface area contributed by atoms with Gasteiger partial charge in [0.25, 0.3) is 5.91 Å². The number of thiophene rings is 1. The van der Waals surface area contributed by atoms with Crippen molar-refractivity contribution in [2.45, 2.75) is 13.8 Å². The molecule has 20 heavy (non-hydrogen) atoms. The van der Waals surface area contributed by atoms with Gasteiger partial charge in [0, 0.05) is 14.9 Å². The second kappa shape index (κ2) is 6.03. The molecule has 104 valence electrons. The van der Waals surface area contributed by atoms with E-state index in [1.54, 1.807) is 12.1 Å². The van der Waals surface area contributed by atoms with Crippen molar-refractivity contribution >= 4 is 56.1 Å². The van der Waals surface area contributed by atoms with Crippen LogP contribution in [0.5, 0.6) is 0 Å². The number of benzene rings is 1. The molecule has 0 fully saturated rings. The van der Waals surface area contributed by atoms with Crippen LogP contribution < -0.4 is 11.1 Å². The number of aryl methyl sites for hydroxylation is 2. The lowest BCUT2D eigenvalue weighted by Crippen LogP contribution is -2.17. The summed E-state index contributed by atoms with van der Waals surface area (Å²) in [4.78, 5) is 14.3. The van der Waals surface area contributed by atoms with E-state index >= 15 is 0 Å². The zero-order valence-electron chi connectivity index (χ0n) is 11.0. The molecule has 2 aromatic rings. The van der Waals surface area contributed by atoms with Crippen molar-refractivity contribution in [1.29, 1.82) is 0 Å². The van der Waals surface area contributed by atoms with Crippen LogP contribution in [0.4, 0.5) is 5.69 Å². The third kappa shape index (κ3) is 3.26. The van der Waals surface area contributed by atoms with E-state index in [4.69, 9.17) is 18.0 Å². The summed E-state index contributed by atoms with van der Waals surface area (Å²) in [6.45, 7) is 3.99. The Bertz CT molecular complexity index is 675. The molecular weight excluding hydrogens is 356 g/mol. The molecule has 0 bridgehead atoms. The minimum atomic E-state index is -0.147. The van der Waals surface area contributed by atoms with Gasteiger partial charge >= 0.3 is 0 Å². The Morgan fingerprint density at radius 3 is 2.60 bits per heavy atom. The summed E-state index contributed by atoms with van der Waals surface area (Å²) in [5, 5.41) is 2.86. The van der Waals surface area contributed by atoms with Gasteiger partial charge in [-0.15, -0.1) is 11.3 Å². The predicted molar refractivity (Wildman–Crippen MR) is 91.8 cm³/mol. The van der Waals surface area contributed by atoms with Gasteiger partial charge in [-0.25, -0.2) is 0 Å². The number of nitrogens with two attached hydrogens (primary N) is 1. The number of nitrogens with one attached hydrogen (secondary N) is 1. The Kier molecular flexibility index (Phi) is 4.57. The molecule has 0 aliphatic heterocycles. The summed E-state index contributed by atoms with van der Waals surface area (Å²) >= 11 is 9.85. The second-order valence-electron chi connectivity index (χ2n) is 4.36. The Labute approximate surface area is 135 Å². The summed E-state index contributed by atoms with van der Waals surface area (Å²) in [7, 11) is 0. The van der Waals surface area contributed by atoms with Crippen LogP contribution in [-0.4, -0.2) is 10.9 Å². The SMILES string of the molecule is Cc1cc(C(=O)Nc2ccc(Br)cc2C(N)=S)sc1C. The van der Waals surface area contributed by atoms with E-state index in [-0.39, 0.29) is 10.9 Å². The average Bonchev–Trinajstić information content (AvgIpc) is 2.71. The third-order valence-electron chi connectivity index (χ3n) is 2.89. The number of amides is 1. The minimum Gasteiger partial charge on any atom is -0.389 e. The fourth-order valence-electron chi connectivity index (χ4n) is 1.70. The van der Waals surface area contributed by atoms with Gasteiger partial charge in [0.1, 0.15) is 4.99 Å². The fourth-order valence-corrected chi connectivity index (χ4v) is 3.16. The number of hydrogen-bond acceptors (Lipinski definition) is 3. The lowest BCUT2D eigenvalue weighted by atomic mass is 10.1. The maximum absolute atomic E-state index is 12.2. The van der Waals surface area contributed by atoms with Crippen molar-refractivity contribution in [2.24, 2.45) is 5.73 Å². The topological polar surface area (TPSA) is 55.1 Å². The van der Waals surface area contributed by atoms with Crippen LogP contribution >= 0.6 is 39.5 Å². The second-order valence-corrected chi connectivity index (χ2v) is 6.97. The third-order valence-corrected chi connectivity index (χ3v) is 4.75. The van der Waals surface area contributed by atoms with E-state index in [1.807, 2.05) is 26.0 Å². The molecule has 0 atom stereocenters. The zero-order valence-corrected chi connectivity index (χ0v) is 14.2. The monoisotopic (exact) mass is 368 g/mol. The molecule has 0 aliphatic carbocycles. The van der Waals surface area contributed by atoms with Crippen molar-refractivity contribution in [3.8, 4) is 0 Å². The average molecular weight is 369 g/mol. The maximum Gasteiger partial charge on any atom is 0.265 e. The van der Waals surface area contributed by atoms with Gasteiger partial charge in [-0.2, -0.15) is 0 Å². The number of hydrogen-bond donors (Lipinski definition) is 2. The van der Waals surface area contributed by atoms with Crippen LogP contribution in [-0.2, 0) is 0 Å². The van der Waals surface area contributed by atoms with Crippen LogP contribution in [0, 0.1) is 13.8 Å². The van der Waals surface area contributed by atoms with Crippen molar-refractivity contribution < 1.29 is 4.79 Å². The van der Waals surface area contributed by atoms with Gasteiger partial charge in [-0.3, -0.25) is 4.79 Å². The van der Waals surface area contributed by atoms with Crippen molar-refractivity contribution in [1.82, 2.24) is 0 Å². The van der Waals surface area contributed by atoms with Gasteiger partial charge in [0.05, 0.1) is 10.6 Å². The summed E-state index contributed by atoms with van der Waals surface area (Å²) in [6, 6.07) is 7.30. The highest BCUT2D eigenvalue weighted by Crippen LogP contribution is 2.24. The molecule has 0 saturated heterocycles. The quantitative estimate of drug-likeness (QED) is 0.804. The number of carbonyl (C=O) groups is 1. The Morgan fingerprint density at radius 1 is 1.35 bits per heavy atom. The fraction of sp³-hybridized carbons (Fsp3) is 0.143. The first-order valence-electron chi connectivity index (χ1n) is 5.86. The molecule has 0 unspecified atom stereocenters. The van der Waals surface area contributed by atoms with Crippen molar-refractivity contribution in [3.05, 3.63) is 49.6 Å². The highest BCUT2D eigenvalue weighted by molar-refractivity contribution is 9.10. The molecule has 1 heterocycles. The number of anilines is 1. The predicted octanol–water partition coefficient (Wildman–Crippen LogP) is 4.01. The summed E-state index contributed by atoms with van der Waals surface area (Å²) < 4.78 is 0.862. The molecule has 0 aliphatic rings. The Hall–Kier alpha value is -1.24. The summed E-state index contributed by atoms with van der Waals surface area (Å²) in [5.74, 6) is -0.147. The van der Waals surface area contributed by atoms with E-state index in [0.717, 1.165) is 14.9 Å². The van der Waals surface area contributed by atoms with Crippen LogP contribution in [0.2, 0.25) is 0 Å². The maximum atomic E-state index is 12.2. The minimum absolute atomic E-state index is 0.147. The van der Waals surface area contributed by atoms with E-state index < -0.39 is 0 Å². The standard InChI is InChI=1S/C14H13BrN2OS2/c1-7-5-12(20-8(7)2)14(18)17-11-4-3-9(15)6-10(11)13(16)19/h3-6H,1-2H3,(H2,16,19)(H,17,18). The van der Waals surface area contributed by atoms with Crippen LogP contribution in [0.3, 0.4) is 0 Å². The highest BCUT2D eigenvalue weighted by Gasteiger charge is 2.13. The molecule has 1 aromatic carbocycles. The van der Waals surface area contributed by atoms with Crippen LogP contribution in [0.25, 0.3) is 0 Å². The normalized spacial score (nSPS) is 10.3. The van der Waals surface area contributed by atoms with Crippen LogP contribution in [0.15, 0.2) is 28.7 Å². The lowest BCUT2D eigenvalue weighted by Gasteiger charge is -2.09. The van der Waals surface area contributed by atoms with Gasteiger partial charge in [-0.1, -0.05) is 28.1 Å². The van der Waals surface area contributed by atoms with Gasteiger partial charge in [-0.05, 0) is 43.7 Å². The van der Waals surface area contributed by atoms with E-state index in [1.165, 1.54) is 11.3 Å². The van der Waals surface area contributed by atoms with Gasteiger partial charge in [0.2, 0.25) is 0 Å². The molecule has 2 rings (SSSR count). The number of rotatable bonds is 3. The zero-order chi connectivity index (χ0) is 14.9. The highest BCUT2D eigenvalue weighted by atomic mass is 79.9. The van der Waals surface area contributed by atoms with Gasteiger partial charge < -0.3 is 11.1 Å². The molecular formula is C14H13BrN2OS2. The van der Waals surface area contributed by atoms with Crippen molar-refractivity contribution in [3.63, 3.8) is 0 Å². The number of carbonyl (C=O) groups excluding carboxylic acids is 1. The first kappa shape index (κ1) is 15.2. The molecule has 1 aromatic heterocycles. The van der Waals surface area contributed by atoms with E-state index in [9.17, 15) is 4.79 Å². The van der Waals surface area contributed by atoms with E-state index in [0.29, 0.717) is 16.1 Å². The summed E-state index contributed by atoms with van der Waals surface area (Å²) in [6.07, 6.45) is 0. The van der Waals surface area contributed by atoms with Gasteiger partial charge in [0.15, 0.2) is 0 Å². The molecule has 0 spiro atoms. The first-order chi connectivity index (χ1) is 9.38. The largest absolute Gasteiger partial charge is 0.389 e. The van der Waals surface area contributed by atoms with Crippen LogP contribution in [0.1, 0.15) is 25.7 Å².